The lowest BCUT2D eigenvalue weighted by atomic mass is 9.71. The van der Waals surface area contributed by atoms with E-state index in [0.29, 0.717) is 6.42 Å². The average Bonchev–Trinajstić information content (AvgIpc) is 2.21. The Morgan fingerprint density at radius 1 is 1.44 bits per heavy atom. The molecule has 0 aliphatic carbocycles. The molecule has 1 aliphatic heterocycles. The molecule has 0 saturated carbocycles. The SMILES string of the molecule is C=CC(=O)C1CC(C)(C)N(C)C(C)(C)C1=O. The standard InChI is InChI=1S/C13H21NO2/c1-7-10(15)9-8-12(2,3)14(6)13(4,5)11(9)16/h7,9H,1,8H2,2-6H3. The van der Waals surface area contributed by atoms with E-state index >= 15 is 0 Å². The second kappa shape index (κ2) is 3.81. The van der Waals surface area contributed by atoms with Crippen molar-refractivity contribution in [1.29, 1.82) is 0 Å². The van der Waals surface area contributed by atoms with Gasteiger partial charge in [-0.05, 0) is 47.2 Å². The number of hydrogen-bond acceptors (Lipinski definition) is 3. The summed E-state index contributed by atoms with van der Waals surface area (Å²) in [5.74, 6) is -0.683. The molecule has 0 radical (unpaired) electrons. The van der Waals surface area contributed by atoms with Crippen LogP contribution in [0.25, 0.3) is 0 Å². The molecule has 0 aromatic heterocycles. The summed E-state index contributed by atoms with van der Waals surface area (Å²) in [5.41, 5.74) is -0.744. The molecule has 1 saturated heterocycles. The Hall–Kier alpha value is -0.960. The van der Waals surface area contributed by atoms with Gasteiger partial charge in [-0.1, -0.05) is 6.58 Å². The molecule has 1 rings (SSSR count). The molecule has 3 heteroatoms. The summed E-state index contributed by atoms with van der Waals surface area (Å²) in [4.78, 5) is 26.0. The lowest BCUT2D eigenvalue weighted by Gasteiger charge is -2.51. The van der Waals surface area contributed by atoms with Crippen molar-refractivity contribution >= 4 is 11.6 Å². The smallest absolute Gasteiger partial charge is 0.165 e. The second-order valence-corrected chi connectivity index (χ2v) is 5.66. The summed E-state index contributed by atoms with van der Waals surface area (Å²) in [7, 11) is 1.94. The van der Waals surface area contributed by atoms with Crippen molar-refractivity contribution in [3.8, 4) is 0 Å². The van der Waals surface area contributed by atoms with Gasteiger partial charge in [-0.15, -0.1) is 0 Å². The van der Waals surface area contributed by atoms with E-state index in [1.54, 1.807) is 0 Å². The lowest BCUT2D eigenvalue weighted by molar-refractivity contribution is -0.149. The summed E-state index contributed by atoms with van der Waals surface area (Å²) in [5, 5.41) is 0. The Bertz CT molecular complexity index is 342. The number of piperidine rings is 1. The van der Waals surface area contributed by atoms with Gasteiger partial charge < -0.3 is 0 Å². The van der Waals surface area contributed by atoms with E-state index in [2.05, 4.69) is 25.3 Å². The lowest BCUT2D eigenvalue weighted by Crippen LogP contribution is -2.64. The van der Waals surface area contributed by atoms with Crippen LogP contribution in [0.4, 0.5) is 0 Å². The van der Waals surface area contributed by atoms with Crippen molar-refractivity contribution in [2.24, 2.45) is 5.92 Å². The second-order valence-electron chi connectivity index (χ2n) is 5.66. The van der Waals surface area contributed by atoms with E-state index in [1.807, 2.05) is 20.9 Å². The fourth-order valence-corrected chi connectivity index (χ4v) is 2.45. The van der Waals surface area contributed by atoms with Crippen molar-refractivity contribution in [3.63, 3.8) is 0 Å². The van der Waals surface area contributed by atoms with Crippen molar-refractivity contribution in [1.82, 2.24) is 4.90 Å². The zero-order valence-corrected chi connectivity index (χ0v) is 10.8. The molecule has 0 amide bonds. The molecule has 1 fully saturated rings. The monoisotopic (exact) mass is 223 g/mol. The average molecular weight is 223 g/mol. The zero-order chi connectivity index (χ0) is 12.7. The predicted molar refractivity (Wildman–Crippen MR) is 64.2 cm³/mol. The van der Waals surface area contributed by atoms with Crippen LogP contribution in [0.1, 0.15) is 34.1 Å². The minimum Gasteiger partial charge on any atom is -0.297 e. The maximum atomic E-state index is 12.2. The molecule has 1 atom stereocenters. The maximum absolute atomic E-state index is 12.2. The molecule has 3 nitrogen and oxygen atoms in total. The number of carbonyl (C=O) groups is 2. The number of likely N-dealkylation sites (N-methyl/N-ethyl adjacent to an activating group) is 1. The number of carbonyl (C=O) groups excluding carboxylic acids is 2. The number of likely N-dealkylation sites (tertiary alicyclic amines) is 1. The van der Waals surface area contributed by atoms with E-state index in [1.165, 1.54) is 6.08 Å². The third-order valence-electron chi connectivity index (χ3n) is 3.91. The zero-order valence-electron chi connectivity index (χ0n) is 10.8. The number of allylic oxidation sites excluding steroid dienone is 1. The highest BCUT2D eigenvalue weighted by Crippen LogP contribution is 2.38. The van der Waals surface area contributed by atoms with E-state index in [4.69, 9.17) is 0 Å². The van der Waals surface area contributed by atoms with Gasteiger partial charge in [-0.25, -0.2) is 0 Å². The van der Waals surface area contributed by atoms with E-state index in [0.717, 1.165) is 0 Å². The van der Waals surface area contributed by atoms with E-state index in [9.17, 15) is 9.59 Å². The fraction of sp³-hybridized carbons (Fsp3) is 0.692. The summed E-state index contributed by atoms with van der Waals surface area (Å²) in [6, 6.07) is 0. The van der Waals surface area contributed by atoms with Crippen molar-refractivity contribution < 1.29 is 9.59 Å². The summed E-state index contributed by atoms with van der Waals surface area (Å²) in [6.07, 6.45) is 1.83. The molecule has 0 aromatic carbocycles. The van der Waals surface area contributed by atoms with Crippen LogP contribution in [0.5, 0.6) is 0 Å². The van der Waals surface area contributed by atoms with Gasteiger partial charge in [0.1, 0.15) is 0 Å². The van der Waals surface area contributed by atoms with Crippen LogP contribution in [-0.2, 0) is 9.59 Å². The number of Topliss-reactive ketones (excluding diaryl/α,β-unsaturated/α-hetero) is 1. The molecule has 1 unspecified atom stereocenters. The Kier molecular flexibility index (Phi) is 3.12. The molecular weight excluding hydrogens is 202 g/mol. The van der Waals surface area contributed by atoms with Crippen LogP contribution in [0.3, 0.4) is 0 Å². The highest BCUT2D eigenvalue weighted by Gasteiger charge is 2.50. The first-order valence-electron chi connectivity index (χ1n) is 5.59. The minimum atomic E-state index is -0.592. The van der Waals surface area contributed by atoms with Crippen LogP contribution in [-0.4, -0.2) is 34.6 Å². The van der Waals surface area contributed by atoms with Crippen LogP contribution in [0, 0.1) is 5.92 Å². The molecule has 16 heavy (non-hydrogen) atoms. The van der Waals surface area contributed by atoms with Gasteiger partial charge in [-0.3, -0.25) is 14.5 Å². The Balaban J connectivity index is 3.15. The van der Waals surface area contributed by atoms with Gasteiger partial charge in [0, 0.05) is 5.54 Å². The summed E-state index contributed by atoms with van der Waals surface area (Å²) < 4.78 is 0. The third-order valence-corrected chi connectivity index (χ3v) is 3.91. The first-order valence-corrected chi connectivity index (χ1v) is 5.59. The predicted octanol–water partition coefficient (Wildman–Crippen LogP) is 1.82. The van der Waals surface area contributed by atoms with Gasteiger partial charge in [0.05, 0.1) is 11.5 Å². The highest BCUT2D eigenvalue weighted by atomic mass is 16.2. The van der Waals surface area contributed by atoms with Gasteiger partial charge >= 0.3 is 0 Å². The molecular formula is C13H21NO2. The van der Waals surface area contributed by atoms with E-state index < -0.39 is 11.5 Å². The summed E-state index contributed by atoms with van der Waals surface area (Å²) >= 11 is 0. The molecule has 0 aromatic rings. The molecule has 1 aliphatic rings. The van der Waals surface area contributed by atoms with Crippen molar-refractivity contribution in [2.75, 3.05) is 7.05 Å². The summed E-state index contributed by atoms with van der Waals surface area (Å²) in [6.45, 7) is 11.3. The van der Waals surface area contributed by atoms with Gasteiger partial charge in [0.2, 0.25) is 0 Å². The van der Waals surface area contributed by atoms with Crippen LogP contribution in [0.2, 0.25) is 0 Å². The largest absolute Gasteiger partial charge is 0.297 e. The van der Waals surface area contributed by atoms with Crippen molar-refractivity contribution in [2.45, 2.75) is 45.2 Å². The molecule has 0 bridgehead atoms. The molecule has 0 spiro atoms. The van der Waals surface area contributed by atoms with Gasteiger partial charge in [0.15, 0.2) is 11.6 Å². The number of rotatable bonds is 2. The Morgan fingerprint density at radius 3 is 2.38 bits per heavy atom. The number of hydrogen-bond donors (Lipinski definition) is 0. The number of nitrogens with zero attached hydrogens (tertiary/aromatic N) is 1. The minimum absolute atomic E-state index is 0.000718. The fourth-order valence-electron chi connectivity index (χ4n) is 2.45. The maximum Gasteiger partial charge on any atom is 0.165 e. The first kappa shape index (κ1) is 13.1. The normalized spacial score (nSPS) is 28.8. The molecule has 1 heterocycles. The highest BCUT2D eigenvalue weighted by molar-refractivity contribution is 6.10. The quantitative estimate of drug-likeness (QED) is 0.529. The third kappa shape index (κ3) is 1.84. The van der Waals surface area contributed by atoms with Gasteiger partial charge in [0.25, 0.3) is 0 Å². The molecule has 90 valence electrons. The topological polar surface area (TPSA) is 37.4 Å². The van der Waals surface area contributed by atoms with Crippen LogP contribution in [0.15, 0.2) is 12.7 Å². The van der Waals surface area contributed by atoms with E-state index in [-0.39, 0.29) is 17.1 Å². The van der Waals surface area contributed by atoms with Gasteiger partial charge in [-0.2, -0.15) is 0 Å². The van der Waals surface area contributed by atoms with Crippen LogP contribution >= 0.6 is 0 Å². The van der Waals surface area contributed by atoms with Crippen molar-refractivity contribution in [3.05, 3.63) is 12.7 Å². The first-order chi connectivity index (χ1) is 7.14. The molecule has 0 N–H and O–H groups in total. The number of ketones is 2. The Labute approximate surface area is 97.5 Å². The van der Waals surface area contributed by atoms with Crippen LogP contribution < -0.4 is 0 Å². The Morgan fingerprint density at radius 2 is 1.94 bits per heavy atom.